The van der Waals surface area contributed by atoms with E-state index in [-0.39, 0.29) is 17.2 Å². The lowest BCUT2D eigenvalue weighted by molar-refractivity contribution is 0.482. The molecule has 0 spiro atoms. The summed E-state index contributed by atoms with van der Waals surface area (Å²) in [6.45, 7) is 3.82. The minimum absolute atomic E-state index is 0.0939. The Labute approximate surface area is 368 Å². The molecule has 0 heterocycles. The fraction of sp³-hybridized carbons (Fsp3) is 0.0175. The number of hydrogen-bond acceptors (Lipinski definition) is 3. The Kier molecular flexibility index (Phi) is 10.4. The van der Waals surface area contributed by atoms with Crippen LogP contribution in [-0.2, 0) is 5.41 Å². The van der Waals surface area contributed by atoms with Crippen molar-refractivity contribution in [2.24, 2.45) is 0 Å². The van der Waals surface area contributed by atoms with E-state index >= 15 is 8.78 Å². The summed E-state index contributed by atoms with van der Waals surface area (Å²) in [6.07, 6.45) is 1.76. The van der Waals surface area contributed by atoms with Crippen molar-refractivity contribution in [2.45, 2.75) is 5.41 Å². The summed E-state index contributed by atoms with van der Waals surface area (Å²) in [5, 5.41) is 3.30. The number of ether oxygens (including phenoxy) is 1. The first-order valence-corrected chi connectivity index (χ1v) is 20.8. The normalized spacial score (nSPS) is 13.8. The lowest BCUT2D eigenvalue weighted by Crippen LogP contribution is -2.31. The molecule has 0 aromatic heterocycles. The molecule has 7 heteroatoms. The smallest absolute Gasteiger partial charge is 0.130 e. The average Bonchev–Trinajstić information content (AvgIpc) is 3.61. The number of benzene rings is 9. The van der Waals surface area contributed by atoms with Gasteiger partial charge >= 0.3 is 0 Å². The van der Waals surface area contributed by atoms with E-state index in [1.165, 1.54) is 42.5 Å². The van der Waals surface area contributed by atoms with Gasteiger partial charge in [-0.3, -0.25) is 0 Å². The highest BCUT2D eigenvalue weighted by Crippen LogP contribution is 2.58. The van der Waals surface area contributed by atoms with E-state index in [1.807, 2.05) is 144 Å². The third-order valence-corrected chi connectivity index (χ3v) is 11.8. The fourth-order valence-electron chi connectivity index (χ4n) is 8.85. The van der Waals surface area contributed by atoms with Crippen molar-refractivity contribution in [1.29, 1.82) is 0 Å². The summed E-state index contributed by atoms with van der Waals surface area (Å²) in [6, 6.07) is 61.1. The van der Waals surface area contributed by atoms with Crippen LogP contribution in [0, 0.1) is 23.3 Å². The zero-order valence-corrected chi connectivity index (χ0v) is 34.3. The number of hydrogen-bond donors (Lipinski definition) is 1. The molecule has 1 atom stereocenters. The SMILES string of the molecule is C=Cc1ccc(Oc2ccc(C3(c4c(F)cccc4F)c4ccccc4-c4ccc(N(c5ccc(F)cc5)c5ccc(-c6ccc(Nc7ccc(F)cc7)cc6)cc5)cc43)cc2)cc1. The summed E-state index contributed by atoms with van der Waals surface area (Å²) in [4.78, 5) is 2.01. The second-order valence-corrected chi connectivity index (χ2v) is 15.6. The van der Waals surface area contributed by atoms with Crippen molar-refractivity contribution in [1.82, 2.24) is 0 Å². The first-order chi connectivity index (χ1) is 31.3. The molecule has 0 aliphatic heterocycles. The van der Waals surface area contributed by atoms with Gasteiger partial charge < -0.3 is 15.0 Å². The lowest BCUT2D eigenvalue weighted by atomic mass is 9.67. The predicted octanol–water partition coefficient (Wildman–Crippen LogP) is 15.9. The second kappa shape index (κ2) is 16.6. The van der Waals surface area contributed by atoms with E-state index in [2.05, 4.69) is 11.9 Å². The maximum Gasteiger partial charge on any atom is 0.130 e. The van der Waals surface area contributed by atoms with Crippen LogP contribution in [0.1, 0.15) is 27.8 Å². The summed E-state index contributed by atoms with van der Waals surface area (Å²) >= 11 is 0. The van der Waals surface area contributed by atoms with Crippen molar-refractivity contribution >= 4 is 34.5 Å². The van der Waals surface area contributed by atoms with Crippen molar-refractivity contribution in [3.05, 3.63) is 264 Å². The Morgan fingerprint density at radius 1 is 0.469 bits per heavy atom. The number of halogens is 4. The maximum absolute atomic E-state index is 16.7. The van der Waals surface area contributed by atoms with Crippen LogP contribution in [0.15, 0.2) is 213 Å². The van der Waals surface area contributed by atoms with Gasteiger partial charge in [-0.05, 0) is 166 Å². The molecule has 1 aliphatic rings. The number of nitrogens with zero attached hydrogens (tertiary/aromatic N) is 1. The van der Waals surface area contributed by atoms with Crippen molar-refractivity contribution in [3.8, 4) is 33.8 Å². The van der Waals surface area contributed by atoms with Crippen LogP contribution in [0.5, 0.6) is 11.5 Å². The number of fused-ring (bicyclic) bond motifs is 3. The molecule has 0 bridgehead atoms. The van der Waals surface area contributed by atoms with Gasteiger partial charge in [0.2, 0.25) is 0 Å². The Balaban J connectivity index is 1.08. The highest BCUT2D eigenvalue weighted by Gasteiger charge is 2.49. The summed E-state index contributed by atoms with van der Waals surface area (Å²) < 4.78 is 67.5. The van der Waals surface area contributed by atoms with E-state index in [1.54, 1.807) is 30.3 Å². The maximum atomic E-state index is 16.7. The largest absolute Gasteiger partial charge is 0.457 e. The molecule has 10 rings (SSSR count). The van der Waals surface area contributed by atoms with E-state index in [9.17, 15) is 8.78 Å². The van der Waals surface area contributed by atoms with Crippen LogP contribution in [0.2, 0.25) is 0 Å². The molecule has 1 aliphatic carbocycles. The van der Waals surface area contributed by atoms with Gasteiger partial charge in [0.25, 0.3) is 0 Å². The highest BCUT2D eigenvalue weighted by atomic mass is 19.1. The van der Waals surface area contributed by atoms with Crippen molar-refractivity contribution < 1.29 is 22.3 Å². The summed E-state index contributed by atoms with van der Waals surface area (Å²) in [5.74, 6) is -0.840. The fourth-order valence-corrected chi connectivity index (χ4v) is 8.85. The van der Waals surface area contributed by atoms with Gasteiger partial charge in [0.15, 0.2) is 0 Å². The quantitative estimate of drug-likeness (QED) is 0.131. The molecule has 0 saturated heterocycles. The van der Waals surface area contributed by atoms with E-state index < -0.39 is 17.0 Å². The van der Waals surface area contributed by atoms with Gasteiger partial charge in [-0.25, -0.2) is 17.6 Å². The van der Waals surface area contributed by atoms with Gasteiger partial charge in [0.1, 0.15) is 34.8 Å². The van der Waals surface area contributed by atoms with Gasteiger partial charge in [-0.15, -0.1) is 0 Å². The second-order valence-electron chi connectivity index (χ2n) is 15.6. The van der Waals surface area contributed by atoms with Gasteiger partial charge in [0.05, 0.1) is 5.41 Å². The zero-order chi connectivity index (χ0) is 43.8. The molecule has 1 unspecified atom stereocenters. The molecule has 1 N–H and O–H groups in total. The molecule has 0 amide bonds. The van der Waals surface area contributed by atoms with Crippen LogP contribution < -0.4 is 15.0 Å². The number of anilines is 5. The van der Waals surface area contributed by atoms with Crippen LogP contribution in [0.3, 0.4) is 0 Å². The van der Waals surface area contributed by atoms with Gasteiger partial charge in [-0.2, -0.15) is 0 Å². The Morgan fingerprint density at radius 3 is 1.58 bits per heavy atom. The van der Waals surface area contributed by atoms with E-state index in [0.717, 1.165) is 50.4 Å². The van der Waals surface area contributed by atoms with E-state index in [0.29, 0.717) is 34.0 Å². The summed E-state index contributed by atoms with van der Waals surface area (Å²) in [5.41, 5.74) is 8.94. The monoisotopic (exact) mass is 842 g/mol. The zero-order valence-electron chi connectivity index (χ0n) is 34.3. The van der Waals surface area contributed by atoms with Crippen LogP contribution >= 0.6 is 0 Å². The lowest BCUT2D eigenvalue weighted by Gasteiger charge is -2.35. The molecule has 0 radical (unpaired) electrons. The molecule has 0 saturated carbocycles. The van der Waals surface area contributed by atoms with Crippen LogP contribution in [0.4, 0.5) is 46.0 Å². The van der Waals surface area contributed by atoms with Crippen molar-refractivity contribution in [3.63, 3.8) is 0 Å². The topological polar surface area (TPSA) is 24.5 Å². The molecular weight excluding hydrogens is 805 g/mol. The summed E-state index contributed by atoms with van der Waals surface area (Å²) in [7, 11) is 0. The molecular formula is C57H38F4N2O. The third-order valence-electron chi connectivity index (χ3n) is 11.8. The molecule has 310 valence electrons. The van der Waals surface area contributed by atoms with E-state index in [4.69, 9.17) is 4.74 Å². The van der Waals surface area contributed by atoms with Gasteiger partial charge in [-0.1, -0.05) is 97.6 Å². The minimum atomic E-state index is -1.43. The molecule has 64 heavy (non-hydrogen) atoms. The number of nitrogens with one attached hydrogen (secondary N) is 1. The molecule has 3 nitrogen and oxygen atoms in total. The van der Waals surface area contributed by atoms with Gasteiger partial charge in [0, 0.05) is 34.0 Å². The minimum Gasteiger partial charge on any atom is -0.457 e. The Bertz CT molecular complexity index is 3110. The predicted molar refractivity (Wildman–Crippen MR) is 250 cm³/mol. The molecule has 9 aromatic rings. The first-order valence-electron chi connectivity index (χ1n) is 20.8. The average molecular weight is 843 g/mol. The number of rotatable bonds is 11. The Morgan fingerprint density at radius 2 is 0.969 bits per heavy atom. The van der Waals surface area contributed by atoms with Crippen molar-refractivity contribution in [2.75, 3.05) is 10.2 Å². The van der Waals surface area contributed by atoms with Crippen LogP contribution in [0.25, 0.3) is 28.3 Å². The third kappa shape index (κ3) is 7.27. The van der Waals surface area contributed by atoms with Crippen LogP contribution in [-0.4, -0.2) is 0 Å². The first kappa shape index (κ1) is 39.9. The molecule has 9 aromatic carbocycles. The molecule has 0 fully saturated rings. The Hall–Kier alpha value is -8.16. The standard InChI is InChI=1S/C57H38F4N2O/c1-2-37-10-31-48(32-11-37)64-49-33-16-40(17-34-49)57(56-54(60)8-5-9-55(56)61)52-7-4-3-6-50(52)51-35-30-47(36-53(51)57)63(46-28-20-42(59)21-29-46)45-26-14-39(15-27-45)38-12-22-43(23-13-38)62-44-24-18-41(58)19-25-44/h2-36,62H,1H2. The highest BCUT2D eigenvalue weighted by molar-refractivity contribution is 5.90.